The molecule has 0 aliphatic heterocycles. The minimum Gasteiger partial charge on any atom is -0.481 e. The van der Waals surface area contributed by atoms with Crippen molar-refractivity contribution in [2.24, 2.45) is 5.92 Å². The summed E-state index contributed by atoms with van der Waals surface area (Å²) < 4.78 is 2.18. The third-order valence-corrected chi connectivity index (χ3v) is 6.33. The Morgan fingerprint density at radius 1 is 1.25 bits per heavy atom. The fourth-order valence-corrected chi connectivity index (χ4v) is 5.37. The monoisotopic (exact) mass is 307 g/mol. The first-order valence-electron chi connectivity index (χ1n) is 6.99. The minimum atomic E-state index is -0.648. The first-order valence-corrected chi connectivity index (χ1v) is 8.69. The number of hydrogen-bond donors (Lipinski definition) is 1. The van der Waals surface area contributed by atoms with Crippen LogP contribution in [0.5, 0.6) is 0 Å². The van der Waals surface area contributed by atoms with Gasteiger partial charge in [-0.05, 0) is 25.0 Å². The fourth-order valence-electron chi connectivity index (χ4n) is 2.73. The van der Waals surface area contributed by atoms with Gasteiger partial charge in [0.25, 0.3) is 0 Å². The van der Waals surface area contributed by atoms with Crippen LogP contribution >= 0.6 is 23.1 Å². The normalized spacial score (nSPS) is 23.6. The fraction of sp³-hybridized carbons (Fsp3) is 0.467. The van der Waals surface area contributed by atoms with Crippen molar-refractivity contribution in [3.8, 4) is 0 Å². The van der Waals surface area contributed by atoms with Gasteiger partial charge >= 0.3 is 5.97 Å². The molecule has 20 heavy (non-hydrogen) atoms. The van der Waals surface area contributed by atoms with Crippen LogP contribution in [0.3, 0.4) is 0 Å². The van der Waals surface area contributed by atoms with Crippen LogP contribution < -0.4 is 0 Å². The van der Waals surface area contributed by atoms with E-state index in [1.807, 2.05) is 18.2 Å². The van der Waals surface area contributed by atoms with E-state index in [9.17, 15) is 9.90 Å². The predicted octanol–water partition coefficient (Wildman–Crippen LogP) is 4.42. The summed E-state index contributed by atoms with van der Waals surface area (Å²) in [4.78, 5) is 16.1. The van der Waals surface area contributed by atoms with Crippen molar-refractivity contribution in [2.75, 3.05) is 0 Å². The molecule has 1 aliphatic rings. The molecule has 5 heteroatoms. The molecule has 1 N–H and O–H groups in total. The van der Waals surface area contributed by atoms with E-state index >= 15 is 0 Å². The zero-order chi connectivity index (χ0) is 13.9. The lowest BCUT2D eigenvalue weighted by Gasteiger charge is -2.19. The zero-order valence-corrected chi connectivity index (χ0v) is 12.8. The van der Waals surface area contributed by atoms with Crippen LogP contribution in [-0.4, -0.2) is 21.3 Å². The summed E-state index contributed by atoms with van der Waals surface area (Å²) in [6.45, 7) is 0. The molecule has 0 amide bonds. The lowest BCUT2D eigenvalue weighted by atomic mass is 10.0. The molecule has 2 unspecified atom stereocenters. The molecule has 0 spiro atoms. The van der Waals surface area contributed by atoms with Gasteiger partial charge in [-0.1, -0.05) is 43.2 Å². The van der Waals surface area contributed by atoms with E-state index in [-0.39, 0.29) is 11.2 Å². The molecule has 1 heterocycles. The second kappa shape index (κ2) is 6.14. The summed E-state index contributed by atoms with van der Waals surface area (Å²) in [7, 11) is 0. The molecular weight excluding hydrogens is 290 g/mol. The van der Waals surface area contributed by atoms with Crippen LogP contribution in [0.15, 0.2) is 28.6 Å². The summed E-state index contributed by atoms with van der Waals surface area (Å²) in [5.74, 6) is -0.875. The SMILES string of the molecule is O=C(O)C1CCCCCC1Sc1nc2ccccc2s1. The number of thiazole rings is 1. The highest BCUT2D eigenvalue weighted by molar-refractivity contribution is 8.01. The average molecular weight is 307 g/mol. The minimum absolute atomic E-state index is 0.163. The molecule has 3 nitrogen and oxygen atoms in total. The van der Waals surface area contributed by atoms with Gasteiger partial charge in [0, 0.05) is 5.25 Å². The average Bonchev–Trinajstić information content (AvgIpc) is 2.68. The smallest absolute Gasteiger partial charge is 0.307 e. The van der Waals surface area contributed by atoms with E-state index in [0.717, 1.165) is 42.0 Å². The number of hydrogen-bond acceptors (Lipinski definition) is 4. The maximum absolute atomic E-state index is 11.4. The quantitative estimate of drug-likeness (QED) is 0.853. The van der Waals surface area contributed by atoms with Gasteiger partial charge in [0.15, 0.2) is 4.34 Å². The Bertz CT molecular complexity index is 578. The number of aliphatic carboxylic acids is 1. The highest BCUT2D eigenvalue weighted by Crippen LogP contribution is 2.39. The molecule has 1 saturated carbocycles. The predicted molar refractivity (Wildman–Crippen MR) is 83.5 cm³/mol. The lowest BCUT2D eigenvalue weighted by Crippen LogP contribution is -2.24. The van der Waals surface area contributed by atoms with Crippen molar-refractivity contribution in [3.05, 3.63) is 24.3 Å². The number of carbonyl (C=O) groups is 1. The van der Waals surface area contributed by atoms with E-state index < -0.39 is 5.97 Å². The van der Waals surface area contributed by atoms with E-state index in [1.165, 1.54) is 4.70 Å². The van der Waals surface area contributed by atoms with E-state index in [2.05, 4.69) is 11.1 Å². The molecule has 1 aliphatic carbocycles. The number of carboxylic acids is 1. The van der Waals surface area contributed by atoms with Crippen LogP contribution in [0.2, 0.25) is 0 Å². The van der Waals surface area contributed by atoms with Gasteiger partial charge in [-0.25, -0.2) is 4.98 Å². The lowest BCUT2D eigenvalue weighted by molar-refractivity contribution is -0.141. The number of carboxylic acid groups (broad SMARTS) is 1. The number of nitrogens with zero attached hydrogens (tertiary/aromatic N) is 1. The van der Waals surface area contributed by atoms with Crippen molar-refractivity contribution >= 4 is 39.3 Å². The van der Waals surface area contributed by atoms with Gasteiger partial charge in [-0.15, -0.1) is 11.3 Å². The summed E-state index contributed by atoms with van der Waals surface area (Å²) in [6.07, 6.45) is 5.11. The summed E-state index contributed by atoms with van der Waals surface area (Å²) in [6, 6.07) is 8.08. The topological polar surface area (TPSA) is 50.2 Å². The van der Waals surface area contributed by atoms with Crippen molar-refractivity contribution in [1.82, 2.24) is 4.98 Å². The Labute approximate surface area is 126 Å². The van der Waals surface area contributed by atoms with E-state index in [4.69, 9.17) is 0 Å². The van der Waals surface area contributed by atoms with Gasteiger partial charge in [0.1, 0.15) is 0 Å². The number of thioether (sulfide) groups is 1. The Morgan fingerprint density at radius 3 is 2.85 bits per heavy atom. The van der Waals surface area contributed by atoms with Gasteiger partial charge in [0.05, 0.1) is 16.1 Å². The third-order valence-electron chi connectivity index (χ3n) is 3.80. The molecule has 1 aromatic carbocycles. The van der Waals surface area contributed by atoms with Crippen molar-refractivity contribution in [2.45, 2.75) is 41.7 Å². The van der Waals surface area contributed by atoms with Crippen LogP contribution in [0, 0.1) is 5.92 Å². The third kappa shape index (κ3) is 2.99. The van der Waals surface area contributed by atoms with Gasteiger partial charge in [0.2, 0.25) is 0 Å². The van der Waals surface area contributed by atoms with E-state index in [1.54, 1.807) is 23.1 Å². The molecule has 3 rings (SSSR count). The number of fused-ring (bicyclic) bond motifs is 1. The standard InChI is InChI=1S/C15H17NO2S2/c17-14(18)10-6-2-1-3-8-12(10)19-15-16-11-7-4-5-9-13(11)20-15/h4-5,7,9-10,12H,1-3,6,8H2,(H,17,18). The second-order valence-electron chi connectivity index (χ2n) is 5.19. The molecule has 0 saturated heterocycles. The molecule has 0 radical (unpaired) electrons. The molecule has 0 bridgehead atoms. The molecular formula is C15H17NO2S2. The Balaban J connectivity index is 1.81. The molecule has 2 aromatic rings. The van der Waals surface area contributed by atoms with Gasteiger partial charge in [-0.3, -0.25) is 4.79 Å². The summed E-state index contributed by atoms with van der Waals surface area (Å²) in [5, 5.41) is 9.58. The zero-order valence-electron chi connectivity index (χ0n) is 11.1. The van der Waals surface area contributed by atoms with Crippen molar-refractivity contribution in [3.63, 3.8) is 0 Å². The highest BCUT2D eigenvalue weighted by Gasteiger charge is 2.30. The Kier molecular flexibility index (Phi) is 4.27. The first kappa shape index (κ1) is 13.9. The maximum Gasteiger partial charge on any atom is 0.307 e. The van der Waals surface area contributed by atoms with Gasteiger partial charge < -0.3 is 5.11 Å². The first-order chi connectivity index (χ1) is 9.74. The molecule has 1 aromatic heterocycles. The number of rotatable bonds is 3. The second-order valence-corrected chi connectivity index (χ2v) is 7.70. The summed E-state index contributed by atoms with van der Waals surface area (Å²) >= 11 is 3.34. The van der Waals surface area contributed by atoms with Gasteiger partial charge in [-0.2, -0.15) is 0 Å². The van der Waals surface area contributed by atoms with E-state index in [0.29, 0.717) is 0 Å². The van der Waals surface area contributed by atoms with Crippen molar-refractivity contribution < 1.29 is 9.90 Å². The maximum atomic E-state index is 11.4. The Hall–Kier alpha value is -1.07. The van der Waals surface area contributed by atoms with Crippen molar-refractivity contribution in [1.29, 1.82) is 0 Å². The molecule has 1 fully saturated rings. The van der Waals surface area contributed by atoms with Crippen LogP contribution in [0.1, 0.15) is 32.1 Å². The summed E-state index contributed by atoms with van der Waals surface area (Å²) in [5.41, 5.74) is 1.01. The molecule has 2 atom stereocenters. The van der Waals surface area contributed by atoms with Crippen LogP contribution in [0.25, 0.3) is 10.2 Å². The highest BCUT2D eigenvalue weighted by atomic mass is 32.2. The van der Waals surface area contributed by atoms with Crippen LogP contribution in [0.4, 0.5) is 0 Å². The number of para-hydroxylation sites is 1. The number of benzene rings is 1. The molecule has 106 valence electrons. The largest absolute Gasteiger partial charge is 0.481 e. The number of aromatic nitrogens is 1. The van der Waals surface area contributed by atoms with Crippen LogP contribution in [-0.2, 0) is 4.79 Å². The Morgan fingerprint density at radius 2 is 2.05 bits per heavy atom.